The Balaban J connectivity index is 1.61. The molecule has 0 aromatic carbocycles. The minimum absolute atomic E-state index is 0.0569. The number of aromatic nitrogens is 5. The summed E-state index contributed by atoms with van der Waals surface area (Å²) in [5.74, 6) is 1.60. The third kappa shape index (κ3) is 2.73. The maximum Gasteiger partial charge on any atom is 0.250 e. The Morgan fingerprint density at radius 2 is 2.24 bits per heavy atom. The Labute approximate surface area is 145 Å². The Morgan fingerprint density at radius 1 is 1.36 bits per heavy atom. The molecule has 0 bridgehead atoms. The number of hydrogen-bond donors (Lipinski definition) is 1. The second kappa shape index (κ2) is 6.19. The van der Waals surface area contributed by atoms with Crippen LogP contribution in [-0.2, 0) is 11.3 Å². The Hall–Kier alpha value is -2.90. The van der Waals surface area contributed by atoms with Crippen molar-refractivity contribution in [2.75, 3.05) is 16.8 Å². The topological polar surface area (TPSA) is 80.3 Å². The van der Waals surface area contributed by atoms with E-state index >= 15 is 0 Å². The zero-order valence-electron chi connectivity index (χ0n) is 14.4. The monoisotopic (exact) mass is 339 g/mol. The van der Waals surface area contributed by atoms with Crippen LogP contribution in [-0.4, -0.2) is 42.9 Å². The van der Waals surface area contributed by atoms with E-state index in [-0.39, 0.29) is 11.9 Å². The number of carbonyl (C=O) groups excluding carboxylic acids is 1. The van der Waals surface area contributed by atoms with Crippen molar-refractivity contribution in [3.8, 4) is 0 Å². The molecule has 0 spiro atoms. The average Bonchev–Trinajstić information content (AvgIpc) is 3.22. The molecule has 25 heavy (non-hydrogen) atoms. The number of piperidine rings is 1. The van der Waals surface area contributed by atoms with Gasteiger partial charge in [-0.3, -0.25) is 9.69 Å². The van der Waals surface area contributed by atoms with E-state index in [0.717, 1.165) is 36.4 Å². The van der Waals surface area contributed by atoms with Crippen molar-refractivity contribution in [3.63, 3.8) is 0 Å². The number of nitrogens with zero attached hydrogens (tertiary/aromatic N) is 6. The number of amides is 1. The minimum atomic E-state index is -0.303. The standard InChI is InChI=1S/C17H21N7O/c1-3-23-15(6-7-19-23)22-9-4-5-13(17(22)25)20-16-14-11-12(2)21-24(14)10-8-18-16/h6-8,10-11,13H,3-5,9H2,1-2H3,(H,18,20). The van der Waals surface area contributed by atoms with E-state index in [1.54, 1.807) is 16.9 Å². The van der Waals surface area contributed by atoms with E-state index in [1.165, 1.54) is 0 Å². The lowest BCUT2D eigenvalue weighted by atomic mass is 10.0. The van der Waals surface area contributed by atoms with Crippen LogP contribution in [0.25, 0.3) is 5.52 Å². The number of carbonyl (C=O) groups is 1. The molecule has 130 valence electrons. The van der Waals surface area contributed by atoms with Gasteiger partial charge in [-0.1, -0.05) is 0 Å². The quantitative estimate of drug-likeness (QED) is 0.785. The summed E-state index contributed by atoms with van der Waals surface area (Å²) in [6, 6.07) is 3.55. The smallest absolute Gasteiger partial charge is 0.250 e. The van der Waals surface area contributed by atoms with Crippen LogP contribution in [0.3, 0.4) is 0 Å². The van der Waals surface area contributed by atoms with Crippen LogP contribution in [0.2, 0.25) is 0 Å². The van der Waals surface area contributed by atoms with Crippen LogP contribution in [0.5, 0.6) is 0 Å². The SMILES string of the molecule is CCn1nccc1N1CCCC(Nc2nccn3nc(C)cc23)C1=O. The van der Waals surface area contributed by atoms with Gasteiger partial charge in [0.15, 0.2) is 5.82 Å². The zero-order chi connectivity index (χ0) is 17.4. The molecular weight excluding hydrogens is 318 g/mol. The van der Waals surface area contributed by atoms with Crippen LogP contribution in [0.1, 0.15) is 25.5 Å². The first-order chi connectivity index (χ1) is 12.2. The Bertz CT molecular complexity index is 913. The highest BCUT2D eigenvalue weighted by molar-refractivity contribution is 5.99. The third-order valence-corrected chi connectivity index (χ3v) is 4.53. The van der Waals surface area contributed by atoms with Gasteiger partial charge in [0.1, 0.15) is 17.4 Å². The van der Waals surface area contributed by atoms with Gasteiger partial charge in [-0.2, -0.15) is 10.2 Å². The summed E-state index contributed by atoms with van der Waals surface area (Å²) < 4.78 is 3.63. The number of hydrogen-bond acceptors (Lipinski definition) is 5. The van der Waals surface area contributed by atoms with Crippen molar-refractivity contribution < 1.29 is 4.79 Å². The fraction of sp³-hybridized carbons (Fsp3) is 0.412. The van der Waals surface area contributed by atoms with E-state index in [1.807, 2.05) is 41.8 Å². The van der Waals surface area contributed by atoms with Gasteiger partial charge in [0.05, 0.1) is 11.9 Å². The largest absolute Gasteiger partial charge is 0.357 e. The van der Waals surface area contributed by atoms with Gasteiger partial charge in [-0.05, 0) is 32.8 Å². The van der Waals surface area contributed by atoms with Crippen molar-refractivity contribution in [2.45, 2.75) is 39.3 Å². The maximum atomic E-state index is 13.0. The molecule has 1 aliphatic rings. The second-order valence-corrected chi connectivity index (χ2v) is 6.23. The highest BCUT2D eigenvalue weighted by atomic mass is 16.2. The number of rotatable bonds is 4. The summed E-state index contributed by atoms with van der Waals surface area (Å²) >= 11 is 0. The molecule has 4 heterocycles. The van der Waals surface area contributed by atoms with Gasteiger partial charge in [0.25, 0.3) is 5.91 Å². The molecule has 8 nitrogen and oxygen atoms in total. The normalized spacial score (nSPS) is 18.1. The first-order valence-corrected chi connectivity index (χ1v) is 8.58. The lowest BCUT2D eigenvalue weighted by Crippen LogP contribution is -2.48. The number of anilines is 2. The summed E-state index contributed by atoms with van der Waals surface area (Å²) in [4.78, 5) is 19.2. The highest BCUT2D eigenvalue weighted by Crippen LogP contribution is 2.24. The molecule has 0 saturated carbocycles. The zero-order valence-corrected chi connectivity index (χ0v) is 14.4. The van der Waals surface area contributed by atoms with Crippen LogP contribution >= 0.6 is 0 Å². The summed E-state index contributed by atoms with van der Waals surface area (Å²) in [5, 5.41) is 12.0. The molecule has 1 amide bonds. The molecule has 4 rings (SSSR count). The molecule has 0 radical (unpaired) electrons. The fourth-order valence-corrected chi connectivity index (χ4v) is 3.36. The predicted molar refractivity (Wildman–Crippen MR) is 94.6 cm³/mol. The maximum absolute atomic E-state index is 13.0. The lowest BCUT2D eigenvalue weighted by molar-refractivity contribution is -0.120. The molecule has 1 atom stereocenters. The summed E-state index contributed by atoms with van der Waals surface area (Å²) in [5.41, 5.74) is 1.79. The van der Waals surface area contributed by atoms with Gasteiger partial charge < -0.3 is 5.32 Å². The van der Waals surface area contributed by atoms with E-state index in [2.05, 4.69) is 20.5 Å². The molecular formula is C17H21N7O. The molecule has 1 aliphatic heterocycles. The summed E-state index contributed by atoms with van der Waals surface area (Å²) in [6.45, 7) is 5.41. The van der Waals surface area contributed by atoms with Crippen molar-refractivity contribution >= 4 is 23.1 Å². The first kappa shape index (κ1) is 15.6. The molecule has 1 N–H and O–H groups in total. The van der Waals surface area contributed by atoms with Gasteiger partial charge in [-0.25, -0.2) is 14.2 Å². The number of aryl methyl sites for hydroxylation is 2. The molecule has 8 heteroatoms. The van der Waals surface area contributed by atoms with Crippen LogP contribution in [0, 0.1) is 6.92 Å². The molecule has 1 unspecified atom stereocenters. The first-order valence-electron chi connectivity index (χ1n) is 8.58. The van der Waals surface area contributed by atoms with Crippen LogP contribution in [0.4, 0.5) is 11.6 Å². The summed E-state index contributed by atoms with van der Waals surface area (Å²) in [7, 11) is 0. The average molecular weight is 339 g/mol. The molecule has 1 saturated heterocycles. The number of fused-ring (bicyclic) bond motifs is 1. The van der Waals surface area contributed by atoms with Gasteiger partial charge in [0.2, 0.25) is 0 Å². The van der Waals surface area contributed by atoms with E-state index in [0.29, 0.717) is 12.4 Å². The number of nitrogens with one attached hydrogen (secondary N) is 1. The molecule has 3 aromatic rings. The van der Waals surface area contributed by atoms with Crippen molar-refractivity contribution in [3.05, 3.63) is 36.4 Å². The second-order valence-electron chi connectivity index (χ2n) is 6.23. The molecule has 1 fully saturated rings. The van der Waals surface area contributed by atoms with Crippen LogP contribution in [0.15, 0.2) is 30.7 Å². The van der Waals surface area contributed by atoms with Gasteiger partial charge in [-0.15, -0.1) is 0 Å². The molecule has 0 aliphatic carbocycles. The molecule has 3 aromatic heterocycles. The highest BCUT2D eigenvalue weighted by Gasteiger charge is 2.31. The minimum Gasteiger partial charge on any atom is -0.357 e. The predicted octanol–water partition coefficient (Wildman–Crippen LogP) is 1.86. The Morgan fingerprint density at radius 3 is 3.08 bits per heavy atom. The van der Waals surface area contributed by atoms with Gasteiger partial charge >= 0.3 is 0 Å². The third-order valence-electron chi connectivity index (χ3n) is 4.53. The van der Waals surface area contributed by atoms with E-state index < -0.39 is 0 Å². The van der Waals surface area contributed by atoms with E-state index in [9.17, 15) is 4.79 Å². The summed E-state index contributed by atoms with van der Waals surface area (Å²) in [6.07, 6.45) is 6.95. The van der Waals surface area contributed by atoms with Crippen molar-refractivity contribution in [1.82, 2.24) is 24.4 Å². The van der Waals surface area contributed by atoms with Crippen molar-refractivity contribution in [1.29, 1.82) is 0 Å². The fourth-order valence-electron chi connectivity index (χ4n) is 3.36. The van der Waals surface area contributed by atoms with Crippen molar-refractivity contribution in [2.24, 2.45) is 0 Å². The van der Waals surface area contributed by atoms with E-state index in [4.69, 9.17) is 0 Å². The lowest BCUT2D eigenvalue weighted by Gasteiger charge is -2.32. The van der Waals surface area contributed by atoms with Gasteiger partial charge in [0, 0.05) is 31.5 Å². The Kier molecular flexibility index (Phi) is 3.87. The van der Waals surface area contributed by atoms with Crippen LogP contribution < -0.4 is 10.2 Å².